The van der Waals surface area contributed by atoms with E-state index in [-0.39, 0.29) is 5.91 Å². The van der Waals surface area contributed by atoms with Crippen LogP contribution in [0.25, 0.3) is 0 Å². The summed E-state index contributed by atoms with van der Waals surface area (Å²) in [4.78, 5) is 17.3. The van der Waals surface area contributed by atoms with Crippen molar-refractivity contribution < 1.29 is 18.0 Å². The predicted octanol–water partition coefficient (Wildman–Crippen LogP) is 4.84. The van der Waals surface area contributed by atoms with Crippen LogP contribution in [0.4, 0.5) is 18.9 Å². The van der Waals surface area contributed by atoms with E-state index >= 15 is 0 Å². The Morgan fingerprint density at radius 1 is 1.04 bits per heavy atom. The highest BCUT2D eigenvalue weighted by atomic mass is 32.2. The van der Waals surface area contributed by atoms with Gasteiger partial charge < -0.3 is 9.80 Å². The molecule has 1 heterocycles. The minimum Gasteiger partial charge on any atom is -0.368 e. The largest absolute Gasteiger partial charge is 0.416 e. The number of carbonyl (C=O) groups excluding carboxylic acids is 1. The van der Waals surface area contributed by atoms with E-state index < -0.39 is 11.7 Å². The van der Waals surface area contributed by atoms with Crippen molar-refractivity contribution in [2.45, 2.75) is 24.4 Å². The molecule has 0 saturated carbocycles. The van der Waals surface area contributed by atoms with Gasteiger partial charge in [0.05, 0.1) is 5.56 Å². The van der Waals surface area contributed by atoms with Crippen LogP contribution in [0.3, 0.4) is 0 Å². The minimum absolute atomic E-state index is 0.100. The summed E-state index contributed by atoms with van der Waals surface area (Å²) in [6, 6.07) is 13.6. The van der Waals surface area contributed by atoms with Crippen molar-refractivity contribution >= 4 is 23.4 Å². The number of hydrogen-bond acceptors (Lipinski definition) is 3. The smallest absolute Gasteiger partial charge is 0.368 e. The average Bonchev–Trinajstić information content (AvgIpc) is 2.69. The molecule has 0 aromatic heterocycles. The van der Waals surface area contributed by atoms with Crippen LogP contribution in [0.15, 0.2) is 53.4 Å². The van der Waals surface area contributed by atoms with Crippen LogP contribution in [-0.2, 0) is 11.0 Å². The lowest BCUT2D eigenvalue weighted by atomic mass is 10.1. The number of anilines is 1. The molecule has 1 aliphatic heterocycles. The molecule has 1 saturated heterocycles. The number of alkyl halides is 3. The highest BCUT2D eigenvalue weighted by Crippen LogP contribution is 2.32. The third kappa shape index (κ3) is 5.44. The first-order valence-corrected chi connectivity index (χ1v) is 10.2. The number of piperazine rings is 1. The van der Waals surface area contributed by atoms with Gasteiger partial charge in [-0.15, -0.1) is 11.8 Å². The molecule has 0 atom stereocenters. The standard InChI is InChI=1S/C21H23F3N2OS/c1-16-5-7-19(8-6-16)28-14-9-20(27)26-12-10-25(11-13-26)18-4-2-3-17(15-18)21(22,23)24/h2-8,15H,9-14H2,1H3. The average molecular weight is 408 g/mol. The quantitative estimate of drug-likeness (QED) is 0.661. The van der Waals surface area contributed by atoms with Crippen molar-refractivity contribution in [1.29, 1.82) is 0 Å². The first-order valence-electron chi connectivity index (χ1n) is 9.22. The molecule has 2 aromatic carbocycles. The van der Waals surface area contributed by atoms with Crippen LogP contribution in [-0.4, -0.2) is 42.7 Å². The van der Waals surface area contributed by atoms with Gasteiger partial charge in [0.2, 0.25) is 5.91 Å². The van der Waals surface area contributed by atoms with E-state index in [1.165, 1.54) is 17.7 Å². The molecule has 28 heavy (non-hydrogen) atoms. The van der Waals surface area contributed by atoms with Gasteiger partial charge in [-0.25, -0.2) is 0 Å². The Hall–Kier alpha value is -2.15. The van der Waals surface area contributed by atoms with E-state index in [1.807, 2.05) is 11.8 Å². The van der Waals surface area contributed by atoms with Gasteiger partial charge >= 0.3 is 6.18 Å². The topological polar surface area (TPSA) is 23.6 Å². The van der Waals surface area contributed by atoms with Crippen molar-refractivity contribution in [2.24, 2.45) is 0 Å². The second kappa shape index (κ2) is 8.90. The molecule has 0 bridgehead atoms. The van der Waals surface area contributed by atoms with Crippen molar-refractivity contribution in [1.82, 2.24) is 4.90 Å². The van der Waals surface area contributed by atoms with Gasteiger partial charge in [0.15, 0.2) is 0 Å². The molecule has 3 nitrogen and oxygen atoms in total. The number of thioether (sulfide) groups is 1. The number of carbonyl (C=O) groups is 1. The summed E-state index contributed by atoms with van der Waals surface area (Å²) in [6.45, 7) is 4.18. The lowest BCUT2D eigenvalue weighted by Gasteiger charge is -2.36. The van der Waals surface area contributed by atoms with E-state index in [1.54, 1.807) is 22.7 Å². The Labute approximate surface area is 167 Å². The van der Waals surface area contributed by atoms with Gasteiger partial charge in [-0.1, -0.05) is 23.8 Å². The fraction of sp³-hybridized carbons (Fsp3) is 0.381. The molecule has 1 fully saturated rings. The third-order valence-electron chi connectivity index (χ3n) is 4.78. The molecule has 2 aromatic rings. The summed E-state index contributed by atoms with van der Waals surface area (Å²) in [5.41, 5.74) is 1.12. The number of amides is 1. The Balaban J connectivity index is 1.47. The summed E-state index contributed by atoms with van der Waals surface area (Å²) < 4.78 is 38.7. The number of benzene rings is 2. The molecule has 1 aliphatic rings. The minimum atomic E-state index is -4.34. The van der Waals surface area contributed by atoms with Crippen LogP contribution in [0.2, 0.25) is 0 Å². The molecule has 0 N–H and O–H groups in total. The fourth-order valence-corrected chi connectivity index (χ4v) is 3.98. The predicted molar refractivity (Wildman–Crippen MR) is 107 cm³/mol. The molecule has 3 rings (SSSR count). The molecular formula is C21H23F3N2OS. The first-order chi connectivity index (χ1) is 13.3. The summed E-state index contributed by atoms with van der Waals surface area (Å²) in [6.07, 6.45) is -3.88. The number of halogens is 3. The summed E-state index contributed by atoms with van der Waals surface area (Å²) in [7, 11) is 0. The van der Waals surface area contributed by atoms with Crippen LogP contribution < -0.4 is 4.90 Å². The highest BCUT2D eigenvalue weighted by Gasteiger charge is 2.31. The fourth-order valence-electron chi connectivity index (χ4n) is 3.14. The second-order valence-electron chi connectivity index (χ2n) is 6.83. The van der Waals surface area contributed by atoms with Crippen LogP contribution in [0.5, 0.6) is 0 Å². The molecule has 0 radical (unpaired) electrons. The number of aryl methyl sites for hydroxylation is 1. The van der Waals surface area contributed by atoms with Crippen molar-refractivity contribution in [3.63, 3.8) is 0 Å². The van der Waals surface area contributed by atoms with E-state index in [0.717, 1.165) is 16.7 Å². The molecule has 0 unspecified atom stereocenters. The maximum atomic E-state index is 12.9. The van der Waals surface area contributed by atoms with E-state index in [4.69, 9.17) is 0 Å². The number of hydrogen-bond donors (Lipinski definition) is 0. The molecule has 0 spiro atoms. The zero-order valence-corrected chi connectivity index (χ0v) is 16.5. The van der Waals surface area contributed by atoms with Gasteiger partial charge in [-0.05, 0) is 37.3 Å². The summed E-state index contributed by atoms with van der Waals surface area (Å²) in [5.74, 6) is 0.818. The zero-order chi connectivity index (χ0) is 20.1. The van der Waals surface area contributed by atoms with E-state index in [0.29, 0.717) is 38.3 Å². The first kappa shape index (κ1) is 20.6. The zero-order valence-electron chi connectivity index (χ0n) is 15.7. The van der Waals surface area contributed by atoms with Crippen molar-refractivity contribution in [3.8, 4) is 0 Å². The second-order valence-corrected chi connectivity index (χ2v) is 8.00. The van der Waals surface area contributed by atoms with Gasteiger partial charge in [0, 0.05) is 48.9 Å². The molecule has 1 amide bonds. The summed E-state index contributed by atoms with van der Waals surface area (Å²) in [5, 5.41) is 0. The molecular weight excluding hydrogens is 385 g/mol. The van der Waals surface area contributed by atoms with Crippen molar-refractivity contribution in [2.75, 3.05) is 36.8 Å². The van der Waals surface area contributed by atoms with Crippen LogP contribution in [0.1, 0.15) is 17.5 Å². The van der Waals surface area contributed by atoms with Gasteiger partial charge in [0.25, 0.3) is 0 Å². The monoisotopic (exact) mass is 408 g/mol. The van der Waals surface area contributed by atoms with Crippen molar-refractivity contribution in [3.05, 3.63) is 59.7 Å². The Morgan fingerprint density at radius 2 is 1.71 bits per heavy atom. The maximum Gasteiger partial charge on any atom is 0.416 e. The normalized spacial score (nSPS) is 15.0. The Bertz CT molecular complexity index is 800. The maximum absolute atomic E-state index is 12.9. The van der Waals surface area contributed by atoms with Gasteiger partial charge in [-0.2, -0.15) is 13.2 Å². The SMILES string of the molecule is Cc1ccc(SCCC(=O)N2CCN(c3cccc(C(F)(F)F)c3)CC2)cc1. The highest BCUT2D eigenvalue weighted by molar-refractivity contribution is 7.99. The molecule has 7 heteroatoms. The van der Waals surface area contributed by atoms with Crippen LogP contribution in [0, 0.1) is 6.92 Å². The van der Waals surface area contributed by atoms with Gasteiger partial charge in [-0.3, -0.25) is 4.79 Å². The van der Waals surface area contributed by atoms with Gasteiger partial charge in [0.1, 0.15) is 0 Å². The van der Waals surface area contributed by atoms with E-state index in [9.17, 15) is 18.0 Å². The third-order valence-corrected chi connectivity index (χ3v) is 5.79. The molecule has 0 aliphatic carbocycles. The lowest BCUT2D eigenvalue weighted by Crippen LogP contribution is -2.48. The number of nitrogens with zero attached hydrogens (tertiary/aromatic N) is 2. The Kier molecular flexibility index (Phi) is 6.54. The lowest BCUT2D eigenvalue weighted by molar-refractivity contribution is -0.137. The molecule has 150 valence electrons. The number of rotatable bonds is 5. The Morgan fingerprint density at radius 3 is 2.36 bits per heavy atom. The van der Waals surface area contributed by atoms with Crippen LogP contribution >= 0.6 is 11.8 Å². The summed E-state index contributed by atoms with van der Waals surface area (Å²) >= 11 is 1.66. The van der Waals surface area contributed by atoms with E-state index in [2.05, 4.69) is 24.3 Å².